The van der Waals surface area contributed by atoms with E-state index >= 15 is 0 Å². The topological polar surface area (TPSA) is 75.7 Å². The first-order valence-corrected chi connectivity index (χ1v) is 12.0. The average Bonchev–Trinajstić information content (AvgIpc) is 2.70. The lowest BCUT2D eigenvalue weighted by Gasteiger charge is -2.29. The molecule has 0 aliphatic carbocycles. The summed E-state index contributed by atoms with van der Waals surface area (Å²) >= 11 is 0. The second kappa shape index (κ2) is 8.19. The van der Waals surface area contributed by atoms with Gasteiger partial charge in [0, 0.05) is 6.54 Å². The van der Waals surface area contributed by atoms with Gasteiger partial charge in [-0.1, -0.05) is 31.5 Å². The molecule has 0 aromatic heterocycles. The van der Waals surface area contributed by atoms with Crippen molar-refractivity contribution in [2.24, 2.45) is 11.3 Å². The number of fused-ring (bicyclic) bond motifs is 1. The molecule has 0 spiro atoms. The summed E-state index contributed by atoms with van der Waals surface area (Å²) in [5.41, 5.74) is 2.71. The summed E-state index contributed by atoms with van der Waals surface area (Å²) < 4.78 is 35.0. The second-order valence-electron chi connectivity index (χ2n) is 9.50. The Bertz CT molecular complexity index is 1100. The van der Waals surface area contributed by atoms with Crippen molar-refractivity contribution in [3.8, 4) is 5.75 Å². The predicted molar refractivity (Wildman–Crippen MR) is 124 cm³/mol. The summed E-state index contributed by atoms with van der Waals surface area (Å²) in [5.74, 6) is 0.777. The van der Waals surface area contributed by atoms with Crippen LogP contribution >= 0.6 is 0 Å². The van der Waals surface area contributed by atoms with Crippen molar-refractivity contribution in [3.63, 3.8) is 0 Å². The smallest absolute Gasteiger partial charge is 0.262 e. The highest BCUT2D eigenvalue weighted by Gasteiger charge is 2.38. The first-order valence-electron chi connectivity index (χ1n) is 10.5. The van der Waals surface area contributed by atoms with Gasteiger partial charge in [0.05, 0.1) is 21.7 Å². The Morgan fingerprint density at radius 2 is 1.71 bits per heavy atom. The molecule has 0 fully saturated rings. The number of hydrogen-bond donors (Lipinski definition) is 1. The summed E-state index contributed by atoms with van der Waals surface area (Å²) in [5, 5.41) is 0. The van der Waals surface area contributed by atoms with E-state index in [1.54, 1.807) is 36.9 Å². The summed E-state index contributed by atoms with van der Waals surface area (Å²) in [6, 6.07) is 8.80. The molecular weight excluding hydrogens is 412 g/mol. The number of nitrogens with zero attached hydrogens (tertiary/aromatic N) is 1. The number of ether oxygens (including phenoxy) is 1. The number of carbonyl (C=O) groups excluding carboxylic acids is 1. The zero-order chi connectivity index (χ0) is 23.1. The van der Waals surface area contributed by atoms with Crippen LogP contribution in [0.3, 0.4) is 0 Å². The minimum Gasteiger partial charge on any atom is -0.490 e. The molecule has 1 aliphatic heterocycles. The van der Waals surface area contributed by atoms with Gasteiger partial charge < -0.3 is 9.64 Å². The number of sulfonamides is 1. The molecule has 1 N–H and O–H groups in total. The van der Waals surface area contributed by atoms with Crippen LogP contribution in [0.4, 0.5) is 11.4 Å². The third kappa shape index (κ3) is 4.71. The minimum atomic E-state index is -3.80. The highest BCUT2D eigenvalue weighted by atomic mass is 32.2. The van der Waals surface area contributed by atoms with Crippen LogP contribution in [-0.2, 0) is 14.8 Å². The highest BCUT2D eigenvalue weighted by Crippen LogP contribution is 2.39. The lowest BCUT2D eigenvalue weighted by molar-refractivity contribution is -0.127. The van der Waals surface area contributed by atoms with Gasteiger partial charge in [0.15, 0.2) is 0 Å². The number of benzene rings is 2. The van der Waals surface area contributed by atoms with Crippen molar-refractivity contribution < 1.29 is 17.9 Å². The molecule has 2 aromatic rings. The Morgan fingerprint density at radius 3 is 2.29 bits per heavy atom. The maximum atomic E-state index is 13.2. The van der Waals surface area contributed by atoms with Gasteiger partial charge in [0.25, 0.3) is 10.0 Å². The van der Waals surface area contributed by atoms with Crippen LogP contribution in [-0.4, -0.2) is 27.5 Å². The van der Waals surface area contributed by atoms with E-state index in [4.69, 9.17) is 4.74 Å². The molecule has 3 rings (SSSR count). The lowest BCUT2D eigenvalue weighted by atomic mass is 9.92. The Balaban J connectivity index is 2.04. The zero-order valence-electron chi connectivity index (χ0n) is 19.4. The second-order valence-corrected chi connectivity index (χ2v) is 11.1. The molecule has 31 heavy (non-hydrogen) atoms. The lowest BCUT2D eigenvalue weighted by Crippen LogP contribution is -2.43. The van der Waals surface area contributed by atoms with Crippen LogP contribution in [0.2, 0.25) is 0 Å². The molecular formula is C24H32N2O4S. The number of amides is 1. The van der Waals surface area contributed by atoms with Crippen molar-refractivity contribution in [2.45, 2.75) is 53.4 Å². The van der Waals surface area contributed by atoms with Crippen molar-refractivity contribution in [3.05, 3.63) is 47.0 Å². The van der Waals surface area contributed by atoms with Crippen molar-refractivity contribution in [2.75, 3.05) is 22.8 Å². The van der Waals surface area contributed by atoms with E-state index in [0.29, 0.717) is 34.8 Å². The minimum absolute atomic E-state index is 0.0369. The van der Waals surface area contributed by atoms with Crippen molar-refractivity contribution >= 4 is 27.3 Å². The molecule has 0 unspecified atom stereocenters. The van der Waals surface area contributed by atoms with Gasteiger partial charge in [-0.2, -0.15) is 0 Å². The average molecular weight is 445 g/mol. The van der Waals surface area contributed by atoms with Crippen LogP contribution in [0.15, 0.2) is 35.2 Å². The molecule has 1 heterocycles. The van der Waals surface area contributed by atoms with Gasteiger partial charge in [-0.15, -0.1) is 0 Å². The maximum Gasteiger partial charge on any atom is 0.262 e. The Labute approximate surface area is 185 Å². The van der Waals surface area contributed by atoms with E-state index in [-0.39, 0.29) is 23.3 Å². The number of nitrogens with one attached hydrogen (secondary N) is 1. The van der Waals surface area contributed by atoms with Gasteiger partial charge in [-0.05, 0) is 69.9 Å². The monoisotopic (exact) mass is 444 g/mol. The van der Waals surface area contributed by atoms with Crippen LogP contribution in [0.5, 0.6) is 5.75 Å². The molecule has 1 aliphatic rings. The first kappa shape index (κ1) is 23.1. The molecule has 1 amide bonds. The van der Waals surface area contributed by atoms with Crippen molar-refractivity contribution in [1.29, 1.82) is 0 Å². The maximum absolute atomic E-state index is 13.2. The van der Waals surface area contributed by atoms with E-state index < -0.39 is 15.4 Å². The van der Waals surface area contributed by atoms with Gasteiger partial charge in [0.2, 0.25) is 5.91 Å². The number of aryl methyl sites for hydroxylation is 3. The Hall–Kier alpha value is -2.54. The molecule has 2 aromatic carbocycles. The third-order valence-corrected chi connectivity index (χ3v) is 7.02. The van der Waals surface area contributed by atoms with E-state index in [2.05, 4.69) is 4.72 Å². The summed E-state index contributed by atoms with van der Waals surface area (Å²) in [4.78, 5) is 15.2. The quantitative estimate of drug-likeness (QED) is 0.717. The van der Waals surface area contributed by atoms with E-state index in [1.165, 1.54) is 0 Å². The third-order valence-electron chi connectivity index (χ3n) is 5.34. The fraction of sp³-hybridized carbons (Fsp3) is 0.458. The first-order chi connectivity index (χ1) is 14.3. The van der Waals surface area contributed by atoms with Gasteiger partial charge in [-0.25, -0.2) is 8.42 Å². The molecule has 0 atom stereocenters. The molecule has 0 saturated heterocycles. The fourth-order valence-corrected chi connectivity index (χ4v) is 5.56. The van der Waals surface area contributed by atoms with Gasteiger partial charge in [0.1, 0.15) is 12.4 Å². The van der Waals surface area contributed by atoms with E-state index in [0.717, 1.165) is 5.56 Å². The van der Waals surface area contributed by atoms with Gasteiger partial charge in [-0.3, -0.25) is 9.52 Å². The normalized spacial score (nSPS) is 16.0. The summed E-state index contributed by atoms with van der Waals surface area (Å²) in [6.45, 7) is 14.1. The number of anilines is 2. The summed E-state index contributed by atoms with van der Waals surface area (Å²) in [6.07, 6.45) is 0. The molecule has 0 bridgehead atoms. The van der Waals surface area contributed by atoms with Crippen LogP contribution < -0.4 is 14.4 Å². The predicted octanol–water partition coefficient (Wildman–Crippen LogP) is 4.82. The molecule has 6 nitrogen and oxygen atoms in total. The van der Waals surface area contributed by atoms with Crippen LogP contribution in [0.25, 0.3) is 0 Å². The van der Waals surface area contributed by atoms with Crippen LogP contribution in [0.1, 0.15) is 44.4 Å². The standard InChI is InChI=1S/C24H32N2O4S/c1-15(2)13-26-20-12-19(8-9-21(20)30-14-24(6,7)23(26)27)25-31(28,29)22-17(4)10-16(3)11-18(22)5/h8-12,15,25H,13-14H2,1-7H3. The Morgan fingerprint density at radius 1 is 1.10 bits per heavy atom. The van der Waals surface area contributed by atoms with Crippen molar-refractivity contribution in [1.82, 2.24) is 0 Å². The fourth-order valence-electron chi connectivity index (χ4n) is 4.05. The van der Waals surface area contributed by atoms with Crippen LogP contribution in [0, 0.1) is 32.1 Å². The number of rotatable bonds is 5. The van der Waals surface area contributed by atoms with Gasteiger partial charge >= 0.3 is 0 Å². The Kier molecular flexibility index (Phi) is 6.11. The molecule has 0 radical (unpaired) electrons. The van der Waals surface area contributed by atoms with E-state index in [1.807, 2.05) is 46.8 Å². The molecule has 0 saturated carbocycles. The molecule has 168 valence electrons. The summed E-state index contributed by atoms with van der Waals surface area (Å²) in [7, 11) is -3.80. The molecule has 7 heteroatoms. The highest BCUT2D eigenvalue weighted by molar-refractivity contribution is 7.92. The number of carbonyl (C=O) groups is 1. The number of hydrogen-bond acceptors (Lipinski definition) is 4. The van der Waals surface area contributed by atoms with E-state index in [9.17, 15) is 13.2 Å². The SMILES string of the molecule is Cc1cc(C)c(S(=O)(=O)Nc2ccc3c(c2)N(CC(C)C)C(=O)C(C)(C)CO3)c(C)c1. The largest absolute Gasteiger partial charge is 0.490 e. The zero-order valence-corrected chi connectivity index (χ0v) is 20.2.